The van der Waals surface area contributed by atoms with Gasteiger partial charge in [-0.2, -0.15) is 4.52 Å². The third-order valence-corrected chi connectivity index (χ3v) is 7.00. The van der Waals surface area contributed by atoms with Crippen LogP contribution in [-0.4, -0.2) is 51.1 Å². The van der Waals surface area contributed by atoms with Crippen molar-refractivity contribution in [2.75, 3.05) is 25.0 Å². The summed E-state index contributed by atoms with van der Waals surface area (Å²) in [5.41, 5.74) is 1.76. The van der Waals surface area contributed by atoms with E-state index >= 15 is 0 Å². The molecule has 1 saturated heterocycles. The minimum Gasteiger partial charge on any atom is -0.466 e. The predicted molar refractivity (Wildman–Crippen MR) is 134 cm³/mol. The Balaban J connectivity index is 1.34. The molecule has 2 aromatic heterocycles. The average molecular weight is 492 g/mol. The molecule has 1 N–H and O–H groups in total. The van der Waals surface area contributed by atoms with Crippen molar-refractivity contribution in [3.8, 4) is 0 Å². The standard InChI is InChI=1S/C25H25N5O4S/c1-2-34-23(33)17-10-12-29(13-11-17)21(31)18-8-9-19-20(14-18)27-25-30(22(19)32)28-24(35-25)26-15-16-6-4-3-5-7-16/h3-9,14,17H,2,10-13,15H2,1H3,(H,26,28). The molecule has 2 aromatic carbocycles. The van der Waals surface area contributed by atoms with Gasteiger partial charge in [-0.15, -0.1) is 5.10 Å². The summed E-state index contributed by atoms with van der Waals surface area (Å²) in [5, 5.41) is 8.61. The number of hydrogen-bond acceptors (Lipinski definition) is 8. The third-order valence-electron chi connectivity index (χ3n) is 6.13. The van der Waals surface area contributed by atoms with Crippen molar-refractivity contribution < 1.29 is 14.3 Å². The largest absolute Gasteiger partial charge is 0.466 e. The number of nitrogens with one attached hydrogen (secondary N) is 1. The number of amides is 1. The number of ether oxygens (including phenoxy) is 1. The van der Waals surface area contributed by atoms with Crippen molar-refractivity contribution in [1.29, 1.82) is 0 Å². The molecule has 10 heteroatoms. The van der Waals surface area contributed by atoms with Gasteiger partial charge in [-0.3, -0.25) is 14.4 Å². The Morgan fingerprint density at radius 1 is 1.14 bits per heavy atom. The van der Waals surface area contributed by atoms with Crippen LogP contribution in [0.3, 0.4) is 0 Å². The number of likely N-dealkylation sites (tertiary alicyclic amines) is 1. The van der Waals surface area contributed by atoms with Crippen LogP contribution in [0.5, 0.6) is 0 Å². The zero-order chi connectivity index (χ0) is 24.4. The minimum absolute atomic E-state index is 0.134. The van der Waals surface area contributed by atoms with Crippen LogP contribution in [0.15, 0.2) is 53.3 Å². The maximum absolute atomic E-state index is 13.1. The van der Waals surface area contributed by atoms with Crippen molar-refractivity contribution in [2.45, 2.75) is 26.3 Å². The van der Waals surface area contributed by atoms with E-state index in [4.69, 9.17) is 4.74 Å². The molecular weight excluding hydrogens is 466 g/mol. The number of aromatic nitrogens is 3. The van der Waals surface area contributed by atoms with Gasteiger partial charge in [-0.1, -0.05) is 41.7 Å². The van der Waals surface area contributed by atoms with Crippen molar-refractivity contribution in [1.82, 2.24) is 19.5 Å². The van der Waals surface area contributed by atoms with E-state index in [1.807, 2.05) is 30.3 Å². The van der Waals surface area contributed by atoms with Gasteiger partial charge in [-0.25, -0.2) is 4.98 Å². The van der Waals surface area contributed by atoms with Crippen LogP contribution in [0, 0.1) is 5.92 Å². The lowest BCUT2D eigenvalue weighted by Crippen LogP contribution is -2.40. The van der Waals surface area contributed by atoms with Crippen molar-refractivity contribution in [2.24, 2.45) is 5.92 Å². The molecule has 0 radical (unpaired) electrons. The second kappa shape index (κ2) is 9.83. The Morgan fingerprint density at radius 3 is 2.66 bits per heavy atom. The number of fused-ring (bicyclic) bond motifs is 2. The van der Waals surface area contributed by atoms with E-state index in [0.29, 0.717) is 65.6 Å². The molecule has 0 unspecified atom stereocenters. The van der Waals surface area contributed by atoms with Gasteiger partial charge in [0, 0.05) is 25.2 Å². The first-order valence-corrected chi connectivity index (χ1v) is 12.4. The number of nitrogens with zero attached hydrogens (tertiary/aromatic N) is 4. The van der Waals surface area contributed by atoms with Crippen LogP contribution in [0.1, 0.15) is 35.7 Å². The lowest BCUT2D eigenvalue weighted by molar-refractivity contribution is -0.149. The molecule has 0 saturated carbocycles. The summed E-state index contributed by atoms with van der Waals surface area (Å²) < 4.78 is 6.40. The molecule has 1 aliphatic heterocycles. The van der Waals surface area contributed by atoms with Gasteiger partial charge in [0.15, 0.2) is 0 Å². The second-order valence-electron chi connectivity index (χ2n) is 8.41. The number of hydrogen-bond donors (Lipinski definition) is 1. The monoisotopic (exact) mass is 491 g/mol. The molecule has 0 aliphatic carbocycles. The van der Waals surface area contributed by atoms with Gasteiger partial charge in [0.05, 0.1) is 23.4 Å². The van der Waals surface area contributed by atoms with Crippen molar-refractivity contribution in [3.63, 3.8) is 0 Å². The van der Waals surface area contributed by atoms with E-state index in [1.54, 1.807) is 30.0 Å². The maximum atomic E-state index is 13.1. The minimum atomic E-state index is -0.275. The normalized spacial score (nSPS) is 14.4. The van der Waals surface area contributed by atoms with E-state index in [0.717, 1.165) is 5.56 Å². The van der Waals surface area contributed by atoms with E-state index in [2.05, 4.69) is 15.4 Å². The Labute approximate surface area is 205 Å². The predicted octanol–water partition coefficient (Wildman–Crippen LogP) is 3.33. The highest BCUT2D eigenvalue weighted by Gasteiger charge is 2.29. The van der Waals surface area contributed by atoms with Gasteiger partial charge < -0.3 is 15.0 Å². The molecule has 0 bridgehead atoms. The van der Waals surface area contributed by atoms with Gasteiger partial charge in [0.2, 0.25) is 10.1 Å². The van der Waals surface area contributed by atoms with Gasteiger partial charge in [-0.05, 0) is 43.5 Å². The van der Waals surface area contributed by atoms with Crippen LogP contribution in [-0.2, 0) is 16.1 Å². The quantitative estimate of drug-likeness (QED) is 0.413. The molecule has 1 fully saturated rings. The van der Waals surface area contributed by atoms with Crippen LogP contribution in [0.2, 0.25) is 0 Å². The topological polar surface area (TPSA) is 106 Å². The molecule has 4 aromatic rings. The SMILES string of the molecule is CCOC(=O)C1CCN(C(=O)c2ccc3c(=O)n4nc(NCc5ccccc5)sc4nc3c2)CC1. The highest BCUT2D eigenvalue weighted by molar-refractivity contribution is 7.20. The third kappa shape index (κ3) is 4.74. The molecule has 0 atom stereocenters. The highest BCUT2D eigenvalue weighted by atomic mass is 32.1. The molecule has 5 rings (SSSR count). The summed E-state index contributed by atoms with van der Waals surface area (Å²) in [6.07, 6.45) is 1.16. The van der Waals surface area contributed by atoms with E-state index < -0.39 is 0 Å². The molecule has 35 heavy (non-hydrogen) atoms. The maximum Gasteiger partial charge on any atom is 0.309 e. The average Bonchev–Trinajstić information content (AvgIpc) is 3.31. The van der Waals surface area contributed by atoms with Gasteiger partial charge >= 0.3 is 5.97 Å². The Kier molecular flexibility index (Phi) is 6.45. The molecule has 180 valence electrons. The number of anilines is 1. The first-order valence-electron chi connectivity index (χ1n) is 11.6. The second-order valence-corrected chi connectivity index (χ2v) is 9.36. The van der Waals surface area contributed by atoms with Crippen LogP contribution < -0.4 is 10.9 Å². The smallest absolute Gasteiger partial charge is 0.309 e. The zero-order valence-electron chi connectivity index (χ0n) is 19.3. The fourth-order valence-corrected chi connectivity index (χ4v) is 5.04. The van der Waals surface area contributed by atoms with Crippen LogP contribution in [0.4, 0.5) is 5.13 Å². The number of benzene rings is 2. The zero-order valence-corrected chi connectivity index (χ0v) is 20.1. The lowest BCUT2D eigenvalue weighted by Gasteiger charge is -2.31. The molecule has 9 nitrogen and oxygen atoms in total. The summed E-state index contributed by atoms with van der Waals surface area (Å²) in [7, 11) is 0. The number of carbonyl (C=O) groups is 2. The number of rotatable bonds is 6. The number of carbonyl (C=O) groups excluding carboxylic acids is 2. The molecular formula is C25H25N5O4S. The van der Waals surface area contributed by atoms with E-state index in [-0.39, 0.29) is 23.4 Å². The van der Waals surface area contributed by atoms with Crippen molar-refractivity contribution >= 4 is 44.2 Å². The van der Waals surface area contributed by atoms with Gasteiger partial charge in [0.25, 0.3) is 11.5 Å². The van der Waals surface area contributed by atoms with E-state index in [1.165, 1.54) is 15.9 Å². The summed E-state index contributed by atoms with van der Waals surface area (Å²) in [4.78, 5) is 44.9. The van der Waals surface area contributed by atoms with Crippen molar-refractivity contribution in [3.05, 3.63) is 70.0 Å². The first-order chi connectivity index (χ1) is 17.0. The number of piperidine rings is 1. The number of esters is 1. The molecule has 0 spiro atoms. The summed E-state index contributed by atoms with van der Waals surface area (Å²) in [6, 6.07) is 14.9. The summed E-state index contributed by atoms with van der Waals surface area (Å²) in [6.45, 7) is 3.71. The fraction of sp³-hybridized carbons (Fsp3) is 0.320. The molecule has 1 aliphatic rings. The fourth-order valence-electron chi connectivity index (χ4n) is 4.25. The van der Waals surface area contributed by atoms with Crippen LogP contribution in [0.25, 0.3) is 15.9 Å². The highest BCUT2D eigenvalue weighted by Crippen LogP contribution is 2.23. The molecule has 3 heterocycles. The van der Waals surface area contributed by atoms with Gasteiger partial charge in [0.1, 0.15) is 0 Å². The first kappa shape index (κ1) is 23.0. The Hall–Kier alpha value is -3.79. The summed E-state index contributed by atoms with van der Waals surface area (Å²) in [5.74, 6) is -0.492. The lowest BCUT2D eigenvalue weighted by atomic mass is 9.96. The Morgan fingerprint density at radius 2 is 1.91 bits per heavy atom. The summed E-state index contributed by atoms with van der Waals surface area (Å²) >= 11 is 1.29. The van der Waals surface area contributed by atoms with Crippen LogP contribution >= 0.6 is 11.3 Å². The Bertz CT molecular complexity index is 1440. The van der Waals surface area contributed by atoms with E-state index in [9.17, 15) is 14.4 Å². The molecule has 1 amide bonds.